The van der Waals surface area contributed by atoms with Crippen LogP contribution in [0.4, 0.5) is 10.6 Å². The molecule has 7 nitrogen and oxygen atoms in total. The molecule has 1 aliphatic rings. The zero-order valence-electron chi connectivity index (χ0n) is 21.1. The first-order chi connectivity index (χ1) is 17.8. The molecule has 37 heavy (non-hydrogen) atoms. The average molecular weight is 496 g/mol. The summed E-state index contributed by atoms with van der Waals surface area (Å²) >= 11 is 0. The highest BCUT2D eigenvalue weighted by atomic mass is 16.6. The summed E-state index contributed by atoms with van der Waals surface area (Å²) in [6.07, 6.45) is 2.16. The Kier molecular flexibility index (Phi) is 6.29. The third kappa shape index (κ3) is 4.72. The standard InChI is InChI=1S/C30H29N3O4/c1-19-17-23(11-14-25(19)22-9-12-24(13-10-22)30(15-16-30)28(34)35)26-18-31-33(3)27(26)32-29(36)37-20(2)21-7-5-4-6-8-21/h4-14,17-18,20H,15-16H2,1-3H3,(H,32,36)(H,34,35). The van der Waals surface area contributed by atoms with Crippen LogP contribution >= 0.6 is 0 Å². The first kappa shape index (κ1) is 24.3. The molecule has 0 bridgehead atoms. The number of ether oxygens (including phenoxy) is 1. The Morgan fingerprint density at radius 1 is 1.00 bits per heavy atom. The third-order valence-electron chi connectivity index (χ3n) is 7.16. The van der Waals surface area contributed by atoms with E-state index in [0.29, 0.717) is 18.7 Å². The Morgan fingerprint density at radius 2 is 1.68 bits per heavy atom. The van der Waals surface area contributed by atoms with Gasteiger partial charge in [0.05, 0.1) is 11.6 Å². The fraction of sp³-hybridized carbons (Fsp3) is 0.233. The highest BCUT2D eigenvalue weighted by molar-refractivity contribution is 5.90. The Bertz CT molecular complexity index is 1450. The van der Waals surface area contributed by atoms with E-state index < -0.39 is 23.6 Å². The number of aliphatic carboxylic acids is 1. The predicted molar refractivity (Wildman–Crippen MR) is 142 cm³/mol. The predicted octanol–water partition coefficient (Wildman–Crippen LogP) is 6.49. The van der Waals surface area contributed by atoms with Gasteiger partial charge in [-0.05, 0) is 60.1 Å². The van der Waals surface area contributed by atoms with Gasteiger partial charge in [-0.15, -0.1) is 0 Å². The van der Waals surface area contributed by atoms with Crippen LogP contribution in [0.25, 0.3) is 22.3 Å². The summed E-state index contributed by atoms with van der Waals surface area (Å²) in [5.74, 6) is -0.203. The summed E-state index contributed by atoms with van der Waals surface area (Å²) in [7, 11) is 1.77. The van der Waals surface area contributed by atoms with E-state index in [4.69, 9.17) is 4.74 Å². The molecule has 1 fully saturated rings. The number of aryl methyl sites for hydroxylation is 2. The lowest BCUT2D eigenvalue weighted by Gasteiger charge is -2.15. The van der Waals surface area contributed by atoms with E-state index in [0.717, 1.165) is 38.9 Å². The van der Waals surface area contributed by atoms with Gasteiger partial charge in [0.25, 0.3) is 0 Å². The van der Waals surface area contributed by atoms with Crippen LogP contribution in [-0.4, -0.2) is 26.9 Å². The highest BCUT2D eigenvalue weighted by Gasteiger charge is 2.51. The molecule has 1 heterocycles. The number of benzene rings is 3. The van der Waals surface area contributed by atoms with Crippen LogP contribution in [0.2, 0.25) is 0 Å². The minimum atomic E-state index is -0.750. The number of carbonyl (C=O) groups is 2. The Balaban J connectivity index is 1.34. The summed E-state index contributed by atoms with van der Waals surface area (Å²) in [5.41, 5.74) is 5.91. The van der Waals surface area contributed by atoms with Crippen LogP contribution in [0.3, 0.4) is 0 Å². The molecular weight excluding hydrogens is 466 g/mol. The van der Waals surface area contributed by atoms with Crippen molar-refractivity contribution >= 4 is 17.9 Å². The molecule has 0 radical (unpaired) electrons. The Morgan fingerprint density at radius 3 is 2.30 bits per heavy atom. The maximum Gasteiger partial charge on any atom is 0.413 e. The molecule has 4 aromatic rings. The zero-order valence-corrected chi connectivity index (χ0v) is 21.1. The van der Waals surface area contributed by atoms with E-state index in [-0.39, 0.29) is 0 Å². The number of amides is 1. The molecule has 1 amide bonds. The van der Waals surface area contributed by atoms with Crippen LogP contribution < -0.4 is 5.32 Å². The maximum atomic E-state index is 12.7. The second-order valence-electron chi connectivity index (χ2n) is 9.61. The number of hydrogen-bond donors (Lipinski definition) is 2. The number of carboxylic acid groups (broad SMARTS) is 1. The molecule has 0 aliphatic heterocycles. The Hall–Kier alpha value is -4.39. The van der Waals surface area contributed by atoms with Crippen molar-refractivity contribution in [1.29, 1.82) is 0 Å². The van der Waals surface area contributed by atoms with Crippen LogP contribution in [0.1, 0.15) is 42.6 Å². The number of carboxylic acids is 1. The van der Waals surface area contributed by atoms with Gasteiger partial charge < -0.3 is 9.84 Å². The molecule has 7 heteroatoms. The van der Waals surface area contributed by atoms with Crippen LogP contribution in [-0.2, 0) is 22.0 Å². The molecule has 1 aromatic heterocycles. The van der Waals surface area contributed by atoms with E-state index in [9.17, 15) is 14.7 Å². The fourth-order valence-corrected chi connectivity index (χ4v) is 4.75. The first-order valence-corrected chi connectivity index (χ1v) is 12.3. The minimum absolute atomic E-state index is 0.393. The van der Waals surface area contributed by atoms with E-state index in [1.54, 1.807) is 17.9 Å². The molecule has 1 unspecified atom stereocenters. The molecule has 0 spiro atoms. The molecule has 3 aromatic carbocycles. The normalized spacial score (nSPS) is 14.6. The summed E-state index contributed by atoms with van der Waals surface area (Å²) in [5, 5.41) is 16.8. The number of hydrogen-bond acceptors (Lipinski definition) is 4. The van der Waals surface area contributed by atoms with E-state index >= 15 is 0 Å². The molecule has 2 N–H and O–H groups in total. The van der Waals surface area contributed by atoms with Gasteiger partial charge in [0.1, 0.15) is 11.9 Å². The van der Waals surface area contributed by atoms with Crippen LogP contribution in [0, 0.1) is 6.92 Å². The molecule has 188 valence electrons. The largest absolute Gasteiger partial charge is 0.481 e. The number of carbonyl (C=O) groups excluding carboxylic acids is 1. The lowest BCUT2D eigenvalue weighted by Crippen LogP contribution is -2.19. The monoisotopic (exact) mass is 495 g/mol. The van der Waals surface area contributed by atoms with Crippen LogP contribution in [0.15, 0.2) is 79.0 Å². The second kappa shape index (κ2) is 9.58. The van der Waals surface area contributed by atoms with Gasteiger partial charge in [-0.2, -0.15) is 5.10 Å². The lowest BCUT2D eigenvalue weighted by atomic mass is 9.92. The molecule has 1 saturated carbocycles. The average Bonchev–Trinajstić information content (AvgIpc) is 3.64. The molecular formula is C30H29N3O4. The maximum absolute atomic E-state index is 12.7. The second-order valence-corrected chi connectivity index (χ2v) is 9.61. The van der Waals surface area contributed by atoms with Gasteiger partial charge in [-0.1, -0.05) is 72.8 Å². The quantitative estimate of drug-likeness (QED) is 0.306. The summed E-state index contributed by atoms with van der Waals surface area (Å²) in [4.78, 5) is 24.3. The number of nitrogens with one attached hydrogen (secondary N) is 1. The van der Waals surface area contributed by atoms with Gasteiger partial charge in [0.2, 0.25) is 0 Å². The first-order valence-electron chi connectivity index (χ1n) is 12.3. The summed E-state index contributed by atoms with van der Waals surface area (Å²) in [6.45, 7) is 3.87. The third-order valence-corrected chi connectivity index (χ3v) is 7.16. The number of rotatable bonds is 7. The van der Waals surface area contributed by atoms with Crippen molar-refractivity contribution in [3.63, 3.8) is 0 Å². The van der Waals surface area contributed by atoms with Gasteiger partial charge in [-0.3, -0.25) is 14.8 Å². The number of anilines is 1. The van der Waals surface area contributed by atoms with Gasteiger partial charge in [-0.25, -0.2) is 4.79 Å². The van der Waals surface area contributed by atoms with Gasteiger partial charge in [0, 0.05) is 12.6 Å². The topological polar surface area (TPSA) is 93.5 Å². The van der Waals surface area contributed by atoms with Crippen molar-refractivity contribution in [2.75, 3.05) is 5.32 Å². The number of nitrogens with zero attached hydrogens (tertiary/aromatic N) is 2. The number of aromatic nitrogens is 2. The molecule has 1 atom stereocenters. The van der Waals surface area contributed by atoms with Crippen molar-refractivity contribution in [3.8, 4) is 22.3 Å². The van der Waals surface area contributed by atoms with Crippen molar-refractivity contribution in [1.82, 2.24) is 9.78 Å². The van der Waals surface area contributed by atoms with Crippen molar-refractivity contribution in [3.05, 3.63) is 95.7 Å². The van der Waals surface area contributed by atoms with E-state index in [2.05, 4.69) is 16.5 Å². The van der Waals surface area contributed by atoms with Crippen molar-refractivity contribution in [2.45, 2.75) is 38.2 Å². The Labute approximate surface area is 215 Å². The lowest BCUT2D eigenvalue weighted by molar-refractivity contribution is -0.140. The SMILES string of the molecule is Cc1cc(-c2cnn(C)c2NC(=O)OC(C)c2ccccc2)ccc1-c1ccc(C2(C(=O)O)CC2)cc1. The molecule has 5 rings (SSSR count). The smallest absolute Gasteiger partial charge is 0.413 e. The van der Waals surface area contributed by atoms with Crippen LogP contribution in [0.5, 0.6) is 0 Å². The van der Waals surface area contributed by atoms with Gasteiger partial charge in [0.15, 0.2) is 0 Å². The summed E-state index contributed by atoms with van der Waals surface area (Å²) < 4.78 is 7.19. The highest BCUT2D eigenvalue weighted by Crippen LogP contribution is 2.48. The minimum Gasteiger partial charge on any atom is -0.481 e. The van der Waals surface area contributed by atoms with E-state index in [1.807, 2.05) is 80.6 Å². The van der Waals surface area contributed by atoms with Crippen molar-refractivity contribution < 1.29 is 19.4 Å². The molecule has 0 saturated heterocycles. The zero-order chi connectivity index (χ0) is 26.2. The molecule has 1 aliphatic carbocycles. The summed E-state index contributed by atoms with van der Waals surface area (Å²) in [6, 6.07) is 23.5. The fourth-order valence-electron chi connectivity index (χ4n) is 4.75. The van der Waals surface area contributed by atoms with Gasteiger partial charge >= 0.3 is 12.1 Å². The van der Waals surface area contributed by atoms with Crippen molar-refractivity contribution in [2.24, 2.45) is 7.05 Å². The van der Waals surface area contributed by atoms with E-state index in [1.165, 1.54) is 0 Å².